The Bertz CT molecular complexity index is 1760. The molecule has 46 heavy (non-hydrogen) atoms. The average molecular weight is 746 g/mol. The van der Waals surface area contributed by atoms with Gasteiger partial charge in [0.1, 0.15) is 12.6 Å². The van der Waals surface area contributed by atoms with Crippen LogP contribution >= 0.6 is 39.1 Å². The highest BCUT2D eigenvalue weighted by Gasteiger charge is 2.35. The lowest BCUT2D eigenvalue weighted by Crippen LogP contribution is -2.53. The normalized spacial score (nSPS) is 11.9. The van der Waals surface area contributed by atoms with Crippen LogP contribution in [0.2, 0.25) is 10.0 Å². The van der Waals surface area contributed by atoms with Gasteiger partial charge in [-0.2, -0.15) is 0 Å². The van der Waals surface area contributed by atoms with E-state index in [0.29, 0.717) is 6.54 Å². The summed E-state index contributed by atoms with van der Waals surface area (Å²) in [6.07, 6.45) is 1.89. The lowest BCUT2D eigenvalue weighted by atomic mass is 10.0. The molecule has 4 aromatic carbocycles. The SMILES string of the molecule is CCCCNC(=O)[C@@H](Cc1ccccc1)N(Cc1cccc(Br)c1)C(=O)CN(c1cc(Cl)ccc1Cl)S(=O)(=O)c1ccc(C)cc1. The number of carbonyl (C=O) groups is 2. The summed E-state index contributed by atoms with van der Waals surface area (Å²) in [5, 5.41) is 3.34. The zero-order valence-corrected chi connectivity index (χ0v) is 29.5. The van der Waals surface area contributed by atoms with Gasteiger partial charge in [0, 0.05) is 29.0 Å². The molecule has 1 N–H and O–H groups in total. The van der Waals surface area contributed by atoms with Crippen molar-refractivity contribution >= 4 is 66.7 Å². The maximum absolute atomic E-state index is 14.6. The summed E-state index contributed by atoms with van der Waals surface area (Å²) >= 11 is 16.4. The molecule has 0 unspecified atom stereocenters. The highest BCUT2D eigenvalue weighted by molar-refractivity contribution is 9.10. The Morgan fingerprint density at radius 3 is 2.26 bits per heavy atom. The lowest BCUT2D eigenvalue weighted by Gasteiger charge is -2.34. The number of amides is 2. The van der Waals surface area contributed by atoms with E-state index < -0.39 is 28.5 Å². The molecule has 0 radical (unpaired) electrons. The van der Waals surface area contributed by atoms with Gasteiger partial charge in [-0.3, -0.25) is 13.9 Å². The molecular formula is C35H36BrCl2N3O4S. The second-order valence-corrected chi connectivity index (χ2v) is 14.5. The third kappa shape index (κ3) is 9.35. The first-order valence-electron chi connectivity index (χ1n) is 14.9. The van der Waals surface area contributed by atoms with Gasteiger partial charge in [-0.05, 0) is 66.9 Å². The number of carbonyl (C=O) groups excluding carboxylic acids is 2. The van der Waals surface area contributed by atoms with E-state index in [0.717, 1.165) is 38.3 Å². The summed E-state index contributed by atoms with van der Waals surface area (Å²) < 4.78 is 30.2. The third-order valence-corrected chi connectivity index (χ3v) is 10.2. The van der Waals surface area contributed by atoms with Gasteiger partial charge >= 0.3 is 0 Å². The Kier molecular flexibility index (Phi) is 12.7. The number of hydrogen-bond donors (Lipinski definition) is 1. The van der Waals surface area contributed by atoms with E-state index in [-0.39, 0.29) is 39.5 Å². The summed E-state index contributed by atoms with van der Waals surface area (Å²) in [6, 6.07) is 26.7. The maximum Gasteiger partial charge on any atom is 0.264 e. The van der Waals surface area contributed by atoms with E-state index in [9.17, 15) is 18.0 Å². The fraction of sp³-hybridized carbons (Fsp3) is 0.257. The van der Waals surface area contributed by atoms with Crippen molar-refractivity contribution in [1.29, 1.82) is 0 Å². The molecule has 0 aliphatic carbocycles. The second-order valence-electron chi connectivity index (χ2n) is 10.9. The van der Waals surface area contributed by atoms with E-state index in [2.05, 4.69) is 21.2 Å². The molecule has 0 heterocycles. The Morgan fingerprint density at radius 1 is 0.891 bits per heavy atom. The summed E-state index contributed by atoms with van der Waals surface area (Å²) in [6.45, 7) is 3.76. The summed E-state index contributed by atoms with van der Waals surface area (Å²) in [4.78, 5) is 29.8. The number of aryl methyl sites for hydroxylation is 1. The highest BCUT2D eigenvalue weighted by atomic mass is 79.9. The first-order chi connectivity index (χ1) is 22.0. The quantitative estimate of drug-likeness (QED) is 0.134. The largest absolute Gasteiger partial charge is 0.354 e. The summed E-state index contributed by atoms with van der Waals surface area (Å²) in [5.74, 6) is -0.910. The molecule has 0 spiro atoms. The smallest absolute Gasteiger partial charge is 0.264 e. The number of rotatable bonds is 14. The number of sulfonamides is 1. The molecule has 0 saturated carbocycles. The summed E-state index contributed by atoms with van der Waals surface area (Å²) in [7, 11) is -4.31. The van der Waals surface area contributed by atoms with E-state index in [1.165, 1.54) is 29.2 Å². The van der Waals surface area contributed by atoms with Crippen LogP contribution in [-0.2, 0) is 32.6 Å². The number of anilines is 1. The molecule has 0 aliphatic heterocycles. The number of nitrogens with zero attached hydrogens (tertiary/aromatic N) is 2. The molecule has 7 nitrogen and oxygen atoms in total. The number of benzene rings is 4. The minimum atomic E-state index is -4.31. The van der Waals surface area contributed by atoms with E-state index in [1.807, 2.05) is 68.4 Å². The topological polar surface area (TPSA) is 86.8 Å². The minimum absolute atomic E-state index is 0.0152. The van der Waals surface area contributed by atoms with Crippen molar-refractivity contribution in [3.05, 3.63) is 128 Å². The number of hydrogen-bond acceptors (Lipinski definition) is 4. The Balaban J connectivity index is 1.82. The van der Waals surface area contributed by atoms with E-state index >= 15 is 0 Å². The van der Waals surface area contributed by atoms with Crippen molar-refractivity contribution in [2.45, 2.75) is 50.6 Å². The predicted molar refractivity (Wildman–Crippen MR) is 189 cm³/mol. The van der Waals surface area contributed by atoms with Crippen molar-refractivity contribution in [2.75, 3.05) is 17.4 Å². The van der Waals surface area contributed by atoms with E-state index in [1.54, 1.807) is 18.2 Å². The molecule has 2 amide bonds. The van der Waals surface area contributed by atoms with Crippen molar-refractivity contribution in [2.24, 2.45) is 0 Å². The van der Waals surface area contributed by atoms with Crippen LogP contribution in [0.4, 0.5) is 5.69 Å². The van der Waals surface area contributed by atoms with Gasteiger partial charge in [0.05, 0.1) is 15.6 Å². The molecule has 1 atom stereocenters. The van der Waals surface area contributed by atoms with Crippen molar-refractivity contribution in [3.63, 3.8) is 0 Å². The van der Waals surface area contributed by atoms with Gasteiger partial charge in [-0.1, -0.05) is 113 Å². The van der Waals surface area contributed by atoms with Crippen molar-refractivity contribution in [1.82, 2.24) is 10.2 Å². The molecule has 0 aromatic heterocycles. The zero-order valence-electron chi connectivity index (χ0n) is 25.6. The van der Waals surface area contributed by atoms with Crippen molar-refractivity contribution in [3.8, 4) is 0 Å². The third-order valence-electron chi connectivity index (χ3n) is 7.41. The molecule has 0 aliphatic rings. The molecule has 242 valence electrons. The fourth-order valence-corrected chi connectivity index (χ4v) is 7.23. The molecule has 0 fully saturated rings. The molecule has 4 aromatic rings. The number of halogens is 3. The van der Waals surface area contributed by atoms with Gasteiger partial charge in [0.2, 0.25) is 11.8 Å². The molecule has 11 heteroatoms. The summed E-state index contributed by atoms with van der Waals surface area (Å²) in [5.41, 5.74) is 2.54. The fourth-order valence-electron chi connectivity index (χ4n) is 4.92. The van der Waals surface area contributed by atoms with Gasteiger partial charge in [-0.15, -0.1) is 0 Å². The average Bonchev–Trinajstić information content (AvgIpc) is 3.03. The van der Waals surface area contributed by atoms with Crippen LogP contribution in [0.25, 0.3) is 0 Å². The van der Waals surface area contributed by atoms with Crippen LogP contribution in [0.3, 0.4) is 0 Å². The second kappa shape index (κ2) is 16.5. The Morgan fingerprint density at radius 2 is 1.59 bits per heavy atom. The lowest BCUT2D eigenvalue weighted by molar-refractivity contribution is -0.140. The van der Waals surface area contributed by atoms with Crippen LogP contribution in [0.15, 0.2) is 106 Å². The zero-order chi connectivity index (χ0) is 33.3. The van der Waals surface area contributed by atoms with Gasteiger partial charge < -0.3 is 10.2 Å². The standard InChI is InChI=1S/C35H36BrCl2N3O4S/c1-3-4-19-39-35(43)33(21-26-9-6-5-7-10-26)40(23-27-11-8-12-28(36)20-27)34(42)24-41(32-22-29(37)15-18-31(32)38)46(44,45)30-16-13-25(2)14-17-30/h5-18,20,22,33H,3-4,19,21,23-24H2,1-2H3,(H,39,43)/t33-/m1/s1. The van der Waals surface area contributed by atoms with Gasteiger partial charge in [0.15, 0.2) is 0 Å². The van der Waals surface area contributed by atoms with E-state index in [4.69, 9.17) is 23.2 Å². The number of unbranched alkanes of at least 4 members (excludes halogenated alkanes) is 1. The van der Waals surface area contributed by atoms with Crippen molar-refractivity contribution < 1.29 is 18.0 Å². The predicted octanol–water partition coefficient (Wildman–Crippen LogP) is 7.82. The molecule has 0 bridgehead atoms. The minimum Gasteiger partial charge on any atom is -0.354 e. The van der Waals surface area contributed by atoms with Gasteiger partial charge in [-0.25, -0.2) is 8.42 Å². The molecule has 0 saturated heterocycles. The monoisotopic (exact) mass is 743 g/mol. The van der Waals surface area contributed by atoms with Gasteiger partial charge in [0.25, 0.3) is 10.0 Å². The first-order valence-corrected chi connectivity index (χ1v) is 17.9. The Labute approximate surface area is 289 Å². The van der Waals surface area contributed by atoms with Crippen LogP contribution in [0.5, 0.6) is 0 Å². The van der Waals surface area contributed by atoms with Crippen LogP contribution in [-0.4, -0.2) is 44.3 Å². The first kappa shape index (κ1) is 35.5. The maximum atomic E-state index is 14.6. The molecular weight excluding hydrogens is 709 g/mol. The molecule has 4 rings (SSSR count). The van der Waals surface area contributed by atoms with Crippen LogP contribution < -0.4 is 9.62 Å². The van der Waals surface area contributed by atoms with Crippen LogP contribution in [0, 0.1) is 6.92 Å². The Hall–Kier alpha value is -3.37. The van der Waals surface area contributed by atoms with Crippen LogP contribution in [0.1, 0.15) is 36.5 Å². The highest BCUT2D eigenvalue weighted by Crippen LogP contribution is 2.33. The number of nitrogens with one attached hydrogen (secondary N) is 1.